The summed E-state index contributed by atoms with van der Waals surface area (Å²) in [6, 6.07) is 6.77. The van der Waals surface area contributed by atoms with Gasteiger partial charge in [0.25, 0.3) is 5.56 Å². The average Bonchev–Trinajstić information content (AvgIpc) is 3.10. The predicted molar refractivity (Wildman–Crippen MR) is 98.0 cm³/mol. The van der Waals surface area contributed by atoms with E-state index in [4.69, 9.17) is 4.74 Å². The third-order valence-corrected chi connectivity index (χ3v) is 4.55. The summed E-state index contributed by atoms with van der Waals surface area (Å²) in [5.41, 5.74) is -0.521. The fourth-order valence-corrected chi connectivity index (χ4v) is 3.01. The molecule has 1 atom stereocenters. The van der Waals surface area contributed by atoms with Crippen molar-refractivity contribution >= 4 is 11.6 Å². The van der Waals surface area contributed by atoms with Crippen molar-refractivity contribution in [2.45, 2.75) is 25.8 Å². The number of carbonyl (C=O) groups excluding carboxylic acids is 1. The fourth-order valence-electron chi connectivity index (χ4n) is 3.01. The van der Waals surface area contributed by atoms with Crippen molar-refractivity contribution in [2.75, 3.05) is 7.11 Å². The zero-order valence-corrected chi connectivity index (χ0v) is 15.2. The number of nitrogens with one attached hydrogen (secondary N) is 1. The second-order valence-electron chi connectivity index (χ2n) is 6.15. The van der Waals surface area contributed by atoms with Crippen LogP contribution >= 0.6 is 0 Å². The number of carbonyl (C=O) groups is 1. The summed E-state index contributed by atoms with van der Waals surface area (Å²) < 4.78 is 6.08. The molecule has 9 heteroatoms. The number of aromatic nitrogens is 2. The van der Waals surface area contributed by atoms with E-state index in [2.05, 4.69) is 10.1 Å². The highest BCUT2D eigenvalue weighted by Crippen LogP contribution is 2.34. The number of hydrazone groups is 1. The van der Waals surface area contributed by atoms with Gasteiger partial charge in [0.05, 0.1) is 18.9 Å². The van der Waals surface area contributed by atoms with Crippen LogP contribution in [0.1, 0.15) is 36.9 Å². The normalized spacial score (nSPS) is 16.3. The quantitative estimate of drug-likeness (QED) is 0.826. The molecule has 0 aliphatic carbocycles. The van der Waals surface area contributed by atoms with Gasteiger partial charge in [0, 0.05) is 19.9 Å². The summed E-state index contributed by atoms with van der Waals surface area (Å²) in [5, 5.41) is 15.9. The van der Waals surface area contributed by atoms with E-state index in [1.54, 1.807) is 26.2 Å². The molecule has 9 nitrogen and oxygen atoms in total. The number of nitrogens with zero attached hydrogens (tertiary/aromatic N) is 3. The summed E-state index contributed by atoms with van der Waals surface area (Å²) in [5.74, 6) is -0.0215. The number of ether oxygens (including phenoxy) is 1. The molecule has 0 saturated heterocycles. The van der Waals surface area contributed by atoms with Crippen LogP contribution < -0.4 is 16.0 Å². The Morgan fingerprint density at radius 2 is 2.00 bits per heavy atom. The van der Waals surface area contributed by atoms with Crippen LogP contribution in [0.4, 0.5) is 0 Å². The molecular formula is C18H20N4O5. The lowest BCUT2D eigenvalue weighted by molar-refractivity contribution is -0.132. The molecule has 0 radical (unpaired) electrons. The first kappa shape index (κ1) is 18.4. The lowest BCUT2D eigenvalue weighted by atomic mass is 9.99. The van der Waals surface area contributed by atoms with Crippen molar-refractivity contribution in [3.8, 4) is 11.6 Å². The van der Waals surface area contributed by atoms with Crippen molar-refractivity contribution in [1.29, 1.82) is 0 Å². The summed E-state index contributed by atoms with van der Waals surface area (Å²) in [4.78, 5) is 38.4. The van der Waals surface area contributed by atoms with E-state index < -0.39 is 23.2 Å². The third kappa shape index (κ3) is 3.23. The number of aromatic amines is 1. The highest BCUT2D eigenvalue weighted by atomic mass is 16.5. The minimum atomic E-state index is -0.742. The van der Waals surface area contributed by atoms with Crippen LogP contribution in [-0.4, -0.2) is 38.4 Å². The minimum absolute atomic E-state index is 0.109. The maximum absolute atomic E-state index is 12.4. The Balaban J connectivity index is 2.06. The van der Waals surface area contributed by atoms with Crippen molar-refractivity contribution in [2.24, 2.45) is 12.1 Å². The Morgan fingerprint density at radius 3 is 2.59 bits per heavy atom. The summed E-state index contributed by atoms with van der Waals surface area (Å²) >= 11 is 0. The van der Waals surface area contributed by atoms with E-state index in [0.29, 0.717) is 5.75 Å². The molecule has 1 aliphatic heterocycles. The van der Waals surface area contributed by atoms with Crippen molar-refractivity contribution in [3.05, 3.63) is 56.2 Å². The number of rotatable bonds is 4. The maximum Gasteiger partial charge on any atom is 0.330 e. The lowest BCUT2D eigenvalue weighted by Gasteiger charge is -2.21. The van der Waals surface area contributed by atoms with Crippen LogP contribution in [0.15, 0.2) is 39.0 Å². The highest BCUT2D eigenvalue weighted by molar-refractivity contribution is 6.04. The van der Waals surface area contributed by atoms with Crippen LogP contribution in [0.5, 0.6) is 11.6 Å². The van der Waals surface area contributed by atoms with Gasteiger partial charge >= 0.3 is 5.69 Å². The first-order chi connectivity index (χ1) is 12.9. The van der Waals surface area contributed by atoms with Gasteiger partial charge in [-0.3, -0.25) is 19.1 Å². The smallest absolute Gasteiger partial charge is 0.330 e. The van der Waals surface area contributed by atoms with E-state index >= 15 is 0 Å². The largest absolute Gasteiger partial charge is 0.497 e. The van der Waals surface area contributed by atoms with E-state index in [1.165, 1.54) is 12.1 Å². The molecule has 2 aromatic rings. The van der Waals surface area contributed by atoms with E-state index in [1.807, 2.05) is 12.1 Å². The molecular weight excluding hydrogens is 352 g/mol. The molecule has 0 unspecified atom stereocenters. The Labute approximate surface area is 154 Å². The molecule has 0 bridgehead atoms. The Bertz CT molecular complexity index is 1020. The van der Waals surface area contributed by atoms with Gasteiger partial charge in [-0.15, -0.1) is 0 Å². The highest BCUT2D eigenvalue weighted by Gasteiger charge is 2.34. The predicted octanol–water partition coefficient (Wildman–Crippen LogP) is 0.875. The Hall–Kier alpha value is -3.36. The van der Waals surface area contributed by atoms with Gasteiger partial charge in [-0.2, -0.15) is 5.10 Å². The Morgan fingerprint density at radius 1 is 1.33 bits per heavy atom. The van der Waals surface area contributed by atoms with Gasteiger partial charge in [0.2, 0.25) is 11.8 Å². The third-order valence-electron chi connectivity index (χ3n) is 4.55. The van der Waals surface area contributed by atoms with Crippen LogP contribution in [-0.2, 0) is 11.8 Å². The average molecular weight is 372 g/mol. The van der Waals surface area contributed by atoms with Crippen LogP contribution in [0.2, 0.25) is 0 Å². The molecule has 1 aromatic heterocycles. The summed E-state index contributed by atoms with van der Waals surface area (Å²) in [6.45, 7) is 1.72. The molecule has 27 heavy (non-hydrogen) atoms. The molecule has 0 fully saturated rings. The maximum atomic E-state index is 12.4. The number of hydrogen-bond donors (Lipinski definition) is 2. The van der Waals surface area contributed by atoms with E-state index in [0.717, 1.165) is 10.1 Å². The number of benzene rings is 1. The molecule has 0 saturated carbocycles. The van der Waals surface area contributed by atoms with Crippen molar-refractivity contribution in [1.82, 2.24) is 14.6 Å². The summed E-state index contributed by atoms with van der Waals surface area (Å²) in [6.07, 6.45) is 0.464. The SMILES string of the molecule is CCC(=O)N1N=C(c2c(O)n(C)c(=O)[nH]c2=O)C[C@H]1c1ccc(OC)cc1. The zero-order valence-electron chi connectivity index (χ0n) is 15.2. The zero-order chi connectivity index (χ0) is 19.7. The standard InChI is InChI=1S/C18H20N4O5/c1-4-14(23)22-13(10-5-7-11(27-3)8-6-10)9-12(20-22)15-16(24)19-18(26)21(2)17(15)25/h5-8,13,25H,4,9H2,1-3H3,(H,19,24,26)/t13-/m0/s1. The molecule has 1 aromatic carbocycles. The number of aromatic hydroxyl groups is 1. The summed E-state index contributed by atoms with van der Waals surface area (Å²) in [7, 11) is 2.90. The first-order valence-corrected chi connectivity index (χ1v) is 8.43. The lowest BCUT2D eigenvalue weighted by Crippen LogP contribution is -2.32. The minimum Gasteiger partial charge on any atom is -0.497 e. The van der Waals surface area contributed by atoms with Crippen LogP contribution in [0.25, 0.3) is 0 Å². The van der Waals surface area contributed by atoms with Crippen molar-refractivity contribution in [3.63, 3.8) is 0 Å². The topological polar surface area (TPSA) is 117 Å². The van der Waals surface area contributed by atoms with Gasteiger partial charge in [0.1, 0.15) is 11.3 Å². The van der Waals surface area contributed by atoms with E-state index in [9.17, 15) is 19.5 Å². The van der Waals surface area contributed by atoms with Crippen molar-refractivity contribution < 1.29 is 14.6 Å². The number of H-pyrrole nitrogens is 1. The van der Waals surface area contributed by atoms with E-state index in [-0.39, 0.29) is 30.0 Å². The number of amides is 1. The van der Waals surface area contributed by atoms with Crippen LogP contribution in [0.3, 0.4) is 0 Å². The molecule has 1 amide bonds. The van der Waals surface area contributed by atoms with Gasteiger partial charge in [-0.05, 0) is 17.7 Å². The van der Waals surface area contributed by atoms with Gasteiger partial charge in [-0.25, -0.2) is 9.80 Å². The molecule has 2 heterocycles. The molecule has 142 valence electrons. The van der Waals surface area contributed by atoms with Gasteiger partial charge in [-0.1, -0.05) is 19.1 Å². The van der Waals surface area contributed by atoms with Gasteiger partial charge in [0.15, 0.2) is 0 Å². The molecule has 2 N–H and O–H groups in total. The second-order valence-corrected chi connectivity index (χ2v) is 6.15. The molecule has 1 aliphatic rings. The molecule has 0 spiro atoms. The van der Waals surface area contributed by atoms with Gasteiger partial charge < -0.3 is 9.84 Å². The number of methoxy groups -OCH3 is 1. The molecule has 3 rings (SSSR count). The first-order valence-electron chi connectivity index (χ1n) is 8.43. The van der Waals surface area contributed by atoms with Crippen LogP contribution in [0, 0.1) is 0 Å². The fraction of sp³-hybridized carbons (Fsp3) is 0.333. The second kappa shape index (κ2) is 7.10. The monoisotopic (exact) mass is 372 g/mol. The number of hydrogen-bond acceptors (Lipinski definition) is 6. The Kier molecular flexibility index (Phi) is 4.85.